The second kappa shape index (κ2) is 6.18. The van der Waals surface area contributed by atoms with Gasteiger partial charge in [0.1, 0.15) is 24.3 Å². The summed E-state index contributed by atoms with van der Waals surface area (Å²) in [6, 6.07) is 9.83. The molecule has 0 amide bonds. The highest BCUT2D eigenvalue weighted by Gasteiger charge is 2.21. The highest BCUT2D eigenvalue weighted by molar-refractivity contribution is 7.13. The number of aliphatic hydroxyl groups excluding tert-OH is 1. The Morgan fingerprint density at radius 2 is 2.26 bits per heavy atom. The third-order valence-corrected chi connectivity index (χ3v) is 4.95. The molecular weight excluding hydrogens is 310 g/mol. The predicted molar refractivity (Wildman–Crippen MR) is 88.5 cm³/mol. The van der Waals surface area contributed by atoms with Crippen molar-refractivity contribution in [2.75, 3.05) is 0 Å². The number of fused-ring (bicyclic) bond motifs is 1. The van der Waals surface area contributed by atoms with Gasteiger partial charge in [-0.1, -0.05) is 18.2 Å². The number of hydrogen-bond donors (Lipinski definition) is 1. The van der Waals surface area contributed by atoms with Gasteiger partial charge < -0.3 is 14.3 Å². The summed E-state index contributed by atoms with van der Waals surface area (Å²) >= 11 is 1.60. The van der Waals surface area contributed by atoms with Crippen LogP contribution in [-0.4, -0.2) is 10.1 Å². The standard InChI is InChI=1S/C18H17NO3S/c20-15-6-1-5-14-13(15)4-2-7-16(14)21-10-12-11-22-18(19-12)17-8-3-9-23-17/h2-4,7-9,11,15,20H,1,5-6,10H2/t15-/m0/s1. The molecule has 0 aliphatic heterocycles. The van der Waals surface area contributed by atoms with Gasteiger partial charge in [0.15, 0.2) is 0 Å². The van der Waals surface area contributed by atoms with Gasteiger partial charge >= 0.3 is 0 Å². The normalized spacial score (nSPS) is 17.0. The van der Waals surface area contributed by atoms with E-state index in [1.807, 2.05) is 35.7 Å². The lowest BCUT2D eigenvalue weighted by atomic mass is 9.89. The van der Waals surface area contributed by atoms with Crippen molar-refractivity contribution in [2.24, 2.45) is 0 Å². The van der Waals surface area contributed by atoms with Crippen molar-refractivity contribution in [1.29, 1.82) is 0 Å². The van der Waals surface area contributed by atoms with E-state index in [0.717, 1.165) is 46.7 Å². The Morgan fingerprint density at radius 1 is 1.30 bits per heavy atom. The number of ether oxygens (including phenoxy) is 1. The van der Waals surface area contributed by atoms with Crippen LogP contribution in [0.2, 0.25) is 0 Å². The number of hydrogen-bond acceptors (Lipinski definition) is 5. The molecule has 1 aromatic carbocycles. The van der Waals surface area contributed by atoms with Crippen molar-refractivity contribution in [3.05, 3.63) is 58.8 Å². The van der Waals surface area contributed by atoms with E-state index in [2.05, 4.69) is 4.98 Å². The molecule has 2 heterocycles. The maximum Gasteiger partial charge on any atom is 0.236 e. The van der Waals surface area contributed by atoms with E-state index < -0.39 is 0 Å². The van der Waals surface area contributed by atoms with Gasteiger partial charge in [-0.05, 0) is 47.9 Å². The van der Waals surface area contributed by atoms with Crippen molar-refractivity contribution < 1.29 is 14.3 Å². The predicted octanol–water partition coefficient (Wildman–Crippen LogP) is 4.35. The maximum atomic E-state index is 10.1. The number of rotatable bonds is 4. The molecular formula is C18H17NO3S. The van der Waals surface area contributed by atoms with Crippen molar-refractivity contribution >= 4 is 11.3 Å². The van der Waals surface area contributed by atoms with Crippen LogP contribution < -0.4 is 4.74 Å². The van der Waals surface area contributed by atoms with Gasteiger partial charge in [-0.25, -0.2) is 4.98 Å². The quantitative estimate of drug-likeness (QED) is 0.774. The molecule has 0 unspecified atom stereocenters. The van der Waals surface area contributed by atoms with Crippen LogP contribution in [0.3, 0.4) is 0 Å². The number of aromatic nitrogens is 1. The Kier molecular flexibility index (Phi) is 3.89. The van der Waals surface area contributed by atoms with Crippen LogP contribution in [0.15, 0.2) is 46.4 Å². The zero-order valence-corrected chi connectivity index (χ0v) is 13.4. The Hall–Kier alpha value is -2.11. The van der Waals surface area contributed by atoms with Gasteiger partial charge in [0.2, 0.25) is 5.89 Å². The Bertz CT molecular complexity index is 794. The molecule has 3 aromatic rings. The zero-order valence-electron chi connectivity index (χ0n) is 12.6. The molecule has 1 N–H and O–H groups in total. The Balaban J connectivity index is 1.51. The molecule has 1 aliphatic rings. The molecule has 1 atom stereocenters. The van der Waals surface area contributed by atoms with Crippen LogP contribution >= 0.6 is 11.3 Å². The summed E-state index contributed by atoms with van der Waals surface area (Å²) in [6.07, 6.45) is 4.02. The molecule has 0 bridgehead atoms. The van der Waals surface area contributed by atoms with Gasteiger partial charge in [-0.3, -0.25) is 0 Å². The topological polar surface area (TPSA) is 55.5 Å². The summed E-state index contributed by atoms with van der Waals surface area (Å²) in [5.41, 5.74) is 2.88. The minimum absolute atomic E-state index is 0.363. The lowest BCUT2D eigenvalue weighted by Crippen LogP contribution is -2.11. The van der Waals surface area contributed by atoms with Crippen molar-refractivity contribution in [1.82, 2.24) is 4.98 Å². The molecule has 0 saturated heterocycles. The highest BCUT2D eigenvalue weighted by Crippen LogP contribution is 2.35. The summed E-state index contributed by atoms with van der Waals surface area (Å²) in [5.74, 6) is 1.46. The first-order chi connectivity index (χ1) is 11.3. The molecule has 1 aliphatic carbocycles. The fourth-order valence-electron chi connectivity index (χ4n) is 2.96. The lowest BCUT2D eigenvalue weighted by molar-refractivity contribution is 0.155. The molecule has 118 valence electrons. The SMILES string of the molecule is O[C@H]1CCCc2c(OCc3coc(-c4cccs4)n3)cccc21. The minimum Gasteiger partial charge on any atom is -0.487 e. The summed E-state index contributed by atoms with van der Waals surface area (Å²) in [6.45, 7) is 0.363. The van der Waals surface area contributed by atoms with Gasteiger partial charge in [0.05, 0.1) is 11.0 Å². The van der Waals surface area contributed by atoms with E-state index in [1.165, 1.54) is 0 Å². The fraction of sp³-hybridized carbons (Fsp3) is 0.278. The minimum atomic E-state index is -0.375. The van der Waals surface area contributed by atoms with E-state index in [9.17, 15) is 5.11 Å². The zero-order chi connectivity index (χ0) is 15.6. The first-order valence-electron chi connectivity index (χ1n) is 7.72. The van der Waals surface area contributed by atoms with Crippen LogP contribution in [-0.2, 0) is 13.0 Å². The summed E-state index contributed by atoms with van der Waals surface area (Å²) in [5, 5.41) is 12.1. The van der Waals surface area contributed by atoms with E-state index in [4.69, 9.17) is 9.15 Å². The maximum absolute atomic E-state index is 10.1. The fourth-order valence-corrected chi connectivity index (χ4v) is 3.62. The molecule has 2 aromatic heterocycles. The highest BCUT2D eigenvalue weighted by atomic mass is 32.1. The molecule has 23 heavy (non-hydrogen) atoms. The first kappa shape index (κ1) is 14.5. The Labute approximate surface area is 138 Å². The summed E-state index contributed by atoms with van der Waals surface area (Å²) in [7, 11) is 0. The molecule has 0 fully saturated rings. The van der Waals surface area contributed by atoms with E-state index in [0.29, 0.717) is 12.5 Å². The lowest BCUT2D eigenvalue weighted by Gasteiger charge is -2.23. The summed E-state index contributed by atoms with van der Waals surface area (Å²) < 4.78 is 11.4. The smallest absolute Gasteiger partial charge is 0.236 e. The van der Waals surface area contributed by atoms with E-state index in [-0.39, 0.29) is 6.10 Å². The molecule has 4 nitrogen and oxygen atoms in total. The van der Waals surface area contributed by atoms with Gasteiger partial charge in [0.25, 0.3) is 0 Å². The average Bonchev–Trinajstić information content (AvgIpc) is 3.25. The van der Waals surface area contributed by atoms with Gasteiger partial charge in [-0.15, -0.1) is 11.3 Å². The van der Waals surface area contributed by atoms with Gasteiger partial charge in [0, 0.05) is 0 Å². The second-order valence-electron chi connectivity index (χ2n) is 5.64. The molecule has 0 spiro atoms. The number of thiophene rings is 1. The number of nitrogens with zero attached hydrogens (tertiary/aromatic N) is 1. The van der Waals surface area contributed by atoms with Crippen LogP contribution in [0.1, 0.15) is 35.8 Å². The third kappa shape index (κ3) is 2.90. The monoisotopic (exact) mass is 327 g/mol. The average molecular weight is 327 g/mol. The van der Waals surface area contributed by atoms with Crippen molar-refractivity contribution in [2.45, 2.75) is 32.0 Å². The number of aliphatic hydroxyl groups is 1. The first-order valence-corrected chi connectivity index (χ1v) is 8.60. The number of benzene rings is 1. The van der Waals surface area contributed by atoms with Gasteiger partial charge in [-0.2, -0.15) is 0 Å². The van der Waals surface area contributed by atoms with Crippen LogP contribution in [0.5, 0.6) is 5.75 Å². The second-order valence-corrected chi connectivity index (χ2v) is 6.59. The number of oxazole rings is 1. The van der Waals surface area contributed by atoms with Crippen molar-refractivity contribution in [3.63, 3.8) is 0 Å². The van der Waals surface area contributed by atoms with Crippen molar-refractivity contribution in [3.8, 4) is 16.5 Å². The van der Waals surface area contributed by atoms with E-state index >= 15 is 0 Å². The molecule has 0 saturated carbocycles. The Morgan fingerprint density at radius 3 is 3.13 bits per heavy atom. The van der Waals surface area contributed by atoms with Crippen LogP contribution in [0.4, 0.5) is 0 Å². The molecule has 0 radical (unpaired) electrons. The summed E-state index contributed by atoms with van der Waals surface area (Å²) in [4.78, 5) is 5.47. The van der Waals surface area contributed by atoms with E-state index in [1.54, 1.807) is 17.6 Å². The van der Waals surface area contributed by atoms with Crippen LogP contribution in [0, 0.1) is 0 Å². The molecule has 4 rings (SSSR count). The largest absolute Gasteiger partial charge is 0.487 e. The third-order valence-electron chi connectivity index (χ3n) is 4.09. The molecule has 5 heteroatoms. The van der Waals surface area contributed by atoms with Crippen LogP contribution in [0.25, 0.3) is 10.8 Å².